The summed E-state index contributed by atoms with van der Waals surface area (Å²) < 4.78 is 0. The van der Waals surface area contributed by atoms with Gasteiger partial charge in [0.05, 0.1) is 5.56 Å². The molecule has 0 bridgehead atoms. The summed E-state index contributed by atoms with van der Waals surface area (Å²) in [5.74, 6) is -1.11. The van der Waals surface area contributed by atoms with E-state index in [0.29, 0.717) is 12.1 Å². The van der Waals surface area contributed by atoms with Gasteiger partial charge in [-0.05, 0) is 29.8 Å². The van der Waals surface area contributed by atoms with Crippen molar-refractivity contribution in [2.75, 3.05) is 0 Å². The summed E-state index contributed by atoms with van der Waals surface area (Å²) >= 11 is 0. The fraction of sp³-hybridized carbons (Fsp3) is 0.0667. The number of benzene rings is 2. The van der Waals surface area contributed by atoms with Gasteiger partial charge in [0.2, 0.25) is 0 Å². The maximum Gasteiger partial charge on any atom is 0.335 e. The first-order chi connectivity index (χ1) is 9.16. The van der Waals surface area contributed by atoms with E-state index in [1.165, 1.54) is 12.1 Å². The highest BCUT2D eigenvalue weighted by Gasteiger charge is 2.05. The Morgan fingerprint density at radius 3 is 2.11 bits per heavy atom. The third kappa shape index (κ3) is 3.42. The van der Waals surface area contributed by atoms with Crippen LogP contribution in [0.4, 0.5) is 0 Å². The minimum atomic E-state index is -0.958. The van der Waals surface area contributed by atoms with Crippen LogP contribution in [-0.4, -0.2) is 17.0 Å². The molecule has 96 valence electrons. The number of carboxylic acid groups (broad SMARTS) is 1. The first-order valence-electron chi connectivity index (χ1n) is 5.82. The molecule has 0 atom stereocenters. The Hall–Kier alpha value is -2.62. The Balaban J connectivity index is 1.95. The summed E-state index contributed by atoms with van der Waals surface area (Å²) in [6.45, 7) is 0.369. The van der Waals surface area contributed by atoms with Gasteiger partial charge in [-0.2, -0.15) is 0 Å². The topological polar surface area (TPSA) is 66.4 Å². The van der Waals surface area contributed by atoms with Crippen LogP contribution in [0.1, 0.15) is 26.3 Å². The number of nitrogens with one attached hydrogen (secondary N) is 1. The van der Waals surface area contributed by atoms with Gasteiger partial charge in [0.25, 0.3) is 5.91 Å². The second kappa shape index (κ2) is 5.82. The molecule has 19 heavy (non-hydrogen) atoms. The maximum absolute atomic E-state index is 11.8. The van der Waals surface area contributed by atoms with E-state index in [2.05, 4.69) is 5.32 Å². The summed E-state index contributed by atoms with van der Waals surface area (Å²) in [6, 6.07) is 15.3. The zero-order valence-corrected chi connectivity index (χ0v) is 10.2. The number of amides is 1. The SMILES string of the molecule is O=C(O)c1ccc(CNC(=O)c2ccccc2)cc1. The molecule has 4 nitrogen and oxygen atoms in total. The lowest BCUT2D eigenvalue weighted by molar-refractivity contribution is 0.0696. The Labute approximate surface area is 110 Å². The van der Waals surface area contributed by atoms with E-state index in [1.54, 1.807) is 36.4 Å². The van der Waals surface area contributed by atoms with Crippen molar-refractivity contribution < 1.29 is 14.7 Å². The lowest BCUT2D eigenvalue weighted by atomic mass is 10.1. The molecule has 0 aliphatic heterocycles. The average Bonchev–Trinajstić information content (AvgIpc) is 2.46. The van der Waals surface area contributed by atoms with E-state index < -0.39 is 5.97 Å². The summed E-state index contributed by atoms with van der Waals surface area (Å²) in [4.78, 5) is 22.5. The molecule has 0 aromatic heterocycles. The monoisotopic (exact) mass is 255 g/mol. The van der Waals surface area contributed by atoms with Crippen LogP contribution in [0, 0.1) is 0 Å². The average molecular weight is 255 g/mol. The summed E-state index contributed by atoms with van der Waals surface area (Å²) in [5.41, 5.74) is 1.69. The molecule has 2 rings (SSSR count). The van der Waals surface area contributed by atoms with Crippen LogP contribution >= 0.6 is 0 Å². The highest BCUT2D eigenvalue weighted by atomic mass is 16.4. The second-order valence-electron chi connectivity index (χ2n) is 4.05. The fourth-order valence-corrected chi connectivity index (χ4v) is 1.64. The van der Waals surface area contributed by atoms with Gasteiger partial charge < -0.3 is 10.4 Å². The van der Waals surface area contributed by atoms with Gasteiger partial charge in [-0.25, -0.2) is 4.79 Å². The first-order valence-corrected chi connectivity index (χ1v) is 5.82. The van der Waals surface area contributed by atoms with Crippen molar-refractivity contribution in [1.29, 1.82) is 0 Å². The minimum Gasteiger partial charge on any atom is -0.478 e. The van der Waals surface area contributed by atoms with Gasteiger partial charge in [-0.1, -0.05) is 30.3 Å². The smallest absolute Gasteiger partial charge is 0.335 e. The lowest BCUT2D eigenvalue weighted by Gasteiger charge is -2.05. The predicted octanol–water partition coefficient (Wildman–Crippen LogP) is 2.31. The lowest BCUT2D eigenvalue weighted by Crippen LogP contribution is -2.22. The number of hydrogen-bond donors (Lipinski definition) is 2. The highest BCUT2D eigenvalue weighted by molar-refractivity contribution is 5.94. The van der Waals surface area contributed by atoms with Crippen molar-refractivity contribution in [2.45, 2.75) is 6.54 Å². The summed E-state index contributed by atoms with van der Waals surface area (Å²) in [7, 11) is 0. The van der Waals surface area contributed by atoms with Crippen LogP contribution in [0.2, 0.25) is 0 Å². The maximum atomic E-state index is 11.8. The number of aromatic carboxylic acids is 1. The van der Waals surface area contributed by atoms with Crippen LogP contribution in [0.25, 0.3) is 0 Å². The molecule has 0 saturated carbocycles. The summed E-state index contributed by atoms with van der Waals surface area (Å²) in [5, 5.41) is 11.6. The molecule has 0 saturated heterocycles. The van der Waals surface area contributed by atoms with Crippen molar-refractivity contribution in [3.8, 4) is 0 Å². The summed E-state index contributed by atoms with van der Waals surface area (Å²) in [6.07, 6.45) is 0. The van der Waals surface area contributed by atoms with Crippen molar-refractivity contribution in [3.05, 3.63) is 71.3 Å². The van der Waals surface area contributed by atoms with E-state index in [1.807, 2.05) is 6.07 Å². The molecule has 0 aliphatic carbocycles. The fourth-order valence-electron chi connectivity index (χ4n) is 1.64. The second-order valence-corrected chi connectivity index (χ2v) is 4.05. The molecular weight excluding hydrogens is 242 g/mol. The van der Waals surface area contributed by atoms with E-state index >= 15 is 0 Å². The minimum absolute atomic E-state index is 0.150. The zero-order valence-electron chi connectivity index (χ0n) is 10.2. The molecule has 0 aliphatic rings. The number of carbonyl (C=O) groups excluding carboxylic acids is 1. The molecule has 0 spiro atoms. The van der Waals surface area contributed by atoms with Crippen LogP contribution in [0.15, 0.2) is 54.6 Å². The zero-order chi connectivity index (χ0) is 13.7. The molecule has 2 aromatic carbocycles. The van der Waals surface area contributed by atoms with Crippen molar-refractivity contribution in [1.82, 2.24) is 5.32 Å². The van der Waals surface area contributed by atoms with E-state index in [9.17, 15) is 9.59 Å². The molecule has 1 amide bonds. The normalized spacial score (nSPS) is 9.89. The van der Waals surface area contributed by atoms with Crippen molar-refractivity contribution in [2.24, 2.45) is 0 Å². The predicted molar refractivity (Wildman–Crippen MR) is 71.0 cm³/mol. The Morgan fingerprint density at radius 1 is 0.895 bits per heavy atom. The molecule has 2 N–H and O–H groups in total. The largest absolute Gasteiger partial charge is 0.478 e. The molecule has 0 fully saturated rings. The number of rotatable bonds is 4. The van der Waals surface area contributed by atoms with E-state index in [0.717, 1.165) is 5.56 Å². The quantitative estimate of drug-likeness (QED) is 0.881. The Kier molecular flexibility index (Phi) is 3.93. The highest BCUT2D eigenvalue weighted by Crippen LogP contribution is 2.05. The van der Waals surface area contributed by atoms with Gasteiger partial charge in [0.15, 0.2) is 0 Å². The molecule has 0 radical (unpaired) electrons. The molecule has 0 unspecified atom stereocenters. The van der Waals surface area contributed by atoms with E-state index in [4.69, 9.17) is 5.11 Å². The number of hydrogen-bond acceptors (Lipinski definition) is 2. The van der Waals surface area contributed by atoms with Crippen molar-refractivity contribution in [3.63, 3.8) is 0 Å². The van der Waals surface area contributed by atoms with Crippen LogP contribution in [0.3, 0.4) is 0 Å². The van der Waals surface area contributed by atoms with Crippen LogP contribution < -0.4 is 5.32 Å². The van der Waals surface area contributed by atoms with Gasteiger partial charge in [0, 0.05) is 12.1 Å². The molecule has 4 heteroatoms. The van der Waals surface area contributed by atoms with Crippen LogP contribution in [-0.2, 0) is 6.54 Å². The van der Waals surface area contributed by atoms with Gasteiger partial charge in [0.1, 0.15) is 0 Å². The first kappa shape index (κ1) is 12.8. The third-order valence-corrected chi connectivity index (χ3v) is 2.69. The van der Waals surface area contributed by atoms with Gasteiger partial charge in [-0.3, -0.25) is 4.79 Å². The number of carbonyl (C=O) groups is 2. The molecule has 0 heterocycles. The molecular formula is C15H13NO3. The molecule has 2 aromatic rings. The van der Waals surface area contributed by atoms with Crippen LogP contribution in [0.5, 0.6) is 0 Å². The Bertz CT molecular complexity index is 576. The van der Waals surface area contributed by atoms with Crippen molar-refractivity contribution >= 4 is 11.9 Å². The number of carboxylic acids is 1. The standard InChI is InChI=1S/C15H13NO3/c17-14(12-4-2-1-3-5-12)16-10-11-6-8-13(9-7-11)15(18)19/h1-9H,10H2,(H,16,17)(H,18,19). The third-order valence-electron chi connectivity index (χ3n) is 2.69. The van der Waals surface area contributed by atoms with E-state index in [-0.39, 0.29) is 11.5 Å². The Morgan fingerprint density at radius 2 is 1.53 bits per heavy atom. The van der Waals surface area contributed by atoms with Gasteiger partial charge in [-0.15, -0.1) is 0 Å². The van der Waals surface area contributed by atoms with Gasteiger partial charge >= 0.3 is 5.97 Å².